The van der Waals surface area contributed by atoms with Crippen molar-refractivity contribution < 1.29 is 9.26 Å². The van der Waals surface area contributed by atoms with Crippen molar-refractivity contribution in [1.29, 1.82) is 0 Å². The summed E-state index contributed by atoms with van der Waals surface area (Å²) in [6, 6.07) is 3.76. The summed E-state index contributed by atoms with van der Waals surface area (Å²) < 4.78 is 10.9. The second kappa shape index (κ2) is 5.36. The first-order chi connectivity index (χ1) is 9.29. The SMILES string of the molecule is Cc1nc(CN2CC[C@@H](Oc3ccncc3)C2)no1. The number of aryl methyl sites for hydroxylation is 1. The highest BCUT2D eigenvalue weighted by Crippen LogP contribution is 2.18. The summed E-state index contributed by atoms with van der Waals surface area (Å²) in [4.78, 5) is 10.5. The third kappa shape index (κ3) is 3.08. The molecule has 1 aliphatic heterocycles. The lowest BCUT2D eigenvalue weighted by atomic mass is 10.3. The summed E-state index contributed by atoms with van der Waals surface area (Å²) in [5.41, 5.74) is 0. The molecular weight excluding hydrogens is 244 g/mol. The fourth-order valence-corrected chi connectivity index (χ4v) is 2.25. The Kier molecular flexibility index (Phi) is 3.41. The number of pyridine rings is 1. The van der Waals surface area contributed by atoms with Crippen molar-refractivity contribution in [3.8, 4) is 5.75 Å². The molecule has 0 radical (unpaired) electrons. The van der Waals surface area contributed by atoms with E-state index < -0.39 is 0 Å². The van der Waals surface area contributed by atoms with E-state index in [-0.39, 0.29) is 6.10 Å². The highest BCUT2D eigenvalue weighted by Gasteiger charge is 2.25. The summed E-state index contributed by atoms with van der Waals surface area (Å²) >= 11 is 0. The monoisotopic (exact) mass is 260 g/mol. The second-order valence-electron chi connectivity index (χ2n) is 4.68. The van der Waals surface area contributed by atoms with Gasteiger partial charge in [0.15, 0.2) is 5.82 Å². The first-order valence-electron chi connectivity index (χ1n) is 6.38. The van der Waals surface area contributed by atoms with Crippen LogP contribution in [-0.4, -0.2) is 39.2 Å². The van der Waals surface area contributed by atoms with Gasteiger partial charge in [0.2, 0.25) is 5.89 Å². The van der Waals surface area contributed by atoms with Crippen LogP contribution >= 0.6 is 0 Å². The third-order valence-corrected chi connectivity index (χ3v) is 3.12. The molecule has 1 fully saturated rings. The number of hydrogen-bond acceptors (Lipinski definition) is 6. The largest absolute Gasteiger partial charge is 0.489 e. The maximum Gasteiger partial charge on any atom is 0.223 e. The van der Waals surface area contributed by atoms with Gasteiger partial charge in [-0.2, -0.15) is 4.98 Å². The summed E-state index contributed by atoms with van der Waals surface area (Å²) in [6.45, 7) is 4.39. The molecular formula is C13H16N4O2. The van der Waals surface area contributed by atoms with Crippen molar-refractivity contribution in [2.24, 2.45) is 0 Å². The maximum atomic E-state index is 5.90. The molecule has 0 saturated carbocycles. The van der Waals surface area contributed by atoms with E-state index in [1.807, 2.05) is 12.1 Å². The summed E-state index contributed by atoms with van der Waals surface area (Å²) in [6.07, 6.45) is 4.71. The van der Waals surface area contributed by atoms with Gasteiger partial charge in [0.1, 0.15) is 11.9 Å². The van der Waals surface area contributed by atoms with E-state index in [4.69, 9.17) is 9.26 Å². The number of hydrogen-bond donors (Lipinski definition) is 0. The van der Waals surface area contributed by atoms with Gasteiger partial charge in [-0.3, -0.25) is 9.88 Å². The molecule has 0 unspecified atom stereocenters. The minimum Gasteiger partial charge on any atom is -0.489 e. The minimum atomic E-state index is 0.218. The van der Waals surface area contributed by atoms with Crippen LogP contribution in [0.1, 0.15) is 18.1 Å². The van der Waals surface area contributed by atoms with E-state index in [0.29, 0.717) is 12.4 Å². The number of likely N-dealkylation sites (tertiary alicyclic amines) is 1. The highest BCUT2D eigenvalue weighted by molar-refractivity contribution is 5.17. The Balaban J connectivity index is 1.53. The van der Waals surface area contributed by atoms with E-state index in [1.54, 1.807) is 19.3 Å². The Morgan fingerprint density at radius 1 is 1.42 bits per heavy atom. The molecule has 0 aliphatic carbocycles. The van der Waals surface area contributed by atoms with Crippen LogP contribution in [0.2, 0.25) is 0 Å². The van der Waals surface area contributed by atoms with Gasteiger partial charge in [-0.05, 0) is 18.6 Å². The number of aromatic nitrogens is 3. The molecule has 0 amide bonds. The van der Waals surface area contributed by atoms with Crippen LogP contribution < -0.4 is 4.74 Å². The third-order valence-electron chi connectivity index (χ3n) is 3.12. The van der Waals surface area contributed by atoms with Crippen molar-refractivity contribution in [2.45, 2.75) is 26.0 Å². The maximum absolute atomic E-state index is 5.90. The van der Waals surface area contributed by atoms with Gasteiger partial charge < -0.3 is 9.26 Å². The fourth-order valence-electron chi connectivity index (χ4n) is 2.25. The van der Waals surface area contributed by atoms with Gasteiger partial charge >= 0.3 is 0 Å². The Bertz CT molecular complexity index is 528. The molecule has 2 aromatic heterocycles. The van der Waals surface area contributed by atoms with Crippen molar-refractivity contribution in [1.82, 2.24) is 20.0 Å². The zero-order valence-electron chi connectivity index (χ0n) is 10.8. The lowest BCUT2D eigenvalue weighted by Gasteiger charge is -2.15. The Labute approximate surface area is 111 Å². The zero-order chi connectivity index (χ0) is 13.1. The van der Waals surface area contributed by atoms with E-state index in [0.717, 1.165) is 31.1 Å². The van der Waals surface area contributed by atoms with Gasteiger partial charge in [0.25, 0.3) is 0 Å². The van der Waals surface area contributed by atoms with Crippen molar-refractivity contribution in [3.05, 3.63) is 36.2 Å². The average Bonchev–Trinajstić information content (AvgIpc) is 3.01. The molecule has 100 valence electrons. The predicted octanol–water partition coefficient (Wildman–Crippen LogP) is 1.43. The van der Waals surface area contributed by atoms with Crippen LogP contribution in [0.4, 0.5) is 0 Å². The Morgan fingerprint density at radius 3 is 3.00 bits per heavy atom. The molecule has 0 aromatic carbocycles. The van der Waals surface area contributed by atoms with E-state index in [1.165, 1.54) is 0 Å². The van der Waals surface area contributed by atoms with Gasteiger partial charge in [-0.15, -0.1) is 0 Å². The molecule has 0 bridgehead atoms. The molecule has 3 rings (SSSR count). The molecule has 3 heterocycles. The molecule has 19 heavy (non-hydrogen) atoms. The molecule has 0 N–H and O–H groups in total. The van der Waals surface area contributed by atoms with Crippen molar-refractivity contribution in [3.63, 3.8) is 0 Å². The van der Waals surface area contributed by atoms with Gasteiger partial charge in [-0.1, -0.05) is 5.16 Å². The molecule has 2 aromatic rings. The van der Waals surface area contributed by atoms with Crippen LogP contribution in [0.25, 0.3) is 0 Å². The average molecular weight is 260 g/mol. The first-order valence-corrected chi connectivity index (χ1v) is 6.38. The van der Waals surface area contributed by atoms with Gasteiger partial charge in [0.05, 0.1) is 6.54 Å². The second-order valence-corrected chi connectivity index (χ2v) is 4.68. The van der Waals surface area contributed by atoms with Crippen molar-refractivity contribution >= 4 is 0 Å². The van der Waals surface area contributed by atoms with E-state index in [9.17, 15) is 0 Å². The molecule has 1 atom stereocenters. The van der Waals surface area contributed by atoms with Gasteiger partial charge in [-0.25, -0.2) is 0 Å². The lowest BCUT2D eigenvalue weighted by Crippen LogP contribution is -2.25. The molecule has 6 nitrogen and oxygen atoms in total. The Morgan fingerprint density at radius 2 is 2.26 bits per heavy atom. The number of nitrogens with zero attached hydrogens (tertiary/aromatic N) is 4. The van der Waals surface area contributed by atoms with Crippen LogP contribution in [-0.2, 0) is 6.54 Å². The standard InChI is InChI=1S/C13H16N4O2/c1-10-15-13(16-19-10)9-17-7-4-12(8-17)18-11-2-5-14-6-3-11/h2-3,5-6,12H,4,7-9H2,1H3/t12-/m1/s1. The van der Waals surface area contributed by atoms with Crippen LogP contribution in [0.5, 0.6) is 5.75 Å². The topological polar surface area (TPSA) is 64.3 Å². The first kappa shape index (κ1) is 12.1. The molecule has 6 heteroatoms. The lowest BCUT2D eigenvalue weighted by molar-refractivity contribution is 0.196. The van der Waals surface area contributed by atoms with Crippen LogP contribution in [0.3, 0.4) is 0 Å². The van der Waals surface area contributed by atoms with E-state index >= 15 is 0 Å². The summed E-state index contributed by atoms with van der Waals surface area (Å²) in [7, 11) is 0. The smallest absolute Gasteiger partial charge is 0.223 e. The molecule has 0 spiro atoms. The minimum absolute atomic E-state index is 0.218. The number of ether oxygens (including phenoxy) is 1. The Hall–Kier alpha value is -1.95. The quantitative estimate of drug-likeness (QED) is 0.828. The zero-order valence-corrected chi connectivity index (χ0v) is 10.8. The molecule has 1 aliphatic rings. The highest BCUT2D eigenvalue weighted by atomic mass is 16.5. The van der Waals surface area contributed by atoms with Crippen LogP contribution in [0, 0.1) is 6.92 Å². The molecule has 1 saturated heterocycles. The number of rotatable bonds is 4. The fraction of sp³-hybridized carbons (Fsp3) is 0.462. The summed E-state index contributed by atoms with van der Waals surface area (Å²) in [5, 5.41) is 3.91. The van der Waals surface area contributed by atoms with Crippen LogP contribution in [0.15, 0.2) is 29.0 Å². The van der Waals surface area contributed by atoms with Crippen molar-refractivity contribution in [2.75, 3.05) is 13.1 Å². The van der Waals surface area contributed by atoms with E-state index in [2.05, 4.69) is 20.0 Å². The van der Waals surface area contributed by atoms with Gasteiger partial charge in [0, 0.05) is 32.4 Å². The predicted molar refractivity (Wildman–Crippen MR) is 67.6 cm³/mol. The summed E-state index contributed by atoms with van der Waals surface area (Å²) in [5.74, 6) is 2.22. The normalized spacial score (nSPS) is 19.7.